The van der Waals surface area contributed by atoms with Gasteiger partial charge in [-0.1, -0.05) is 35.4 Å². The molecule has 17 heavy (non-hydrogen) atoms. The molecule has 0 unspecified atom stereocenters. The number of nitrogens with zero attached hydrogens (tertiary/aromatic N) is 1. The third kappa shape index (κ3) is 3.86. The second-order valence-electron chi connectivity index (χ2n) is 3.77. The first-order valence-corrected chi connectivity index (χ1v) is 6.39. The topological polar surface area (TPSA) is 37.4 Å². The minimum atomic E-state index is -1.14. The van der Waals surface area contributed by atoms with Crippen molar-refractivity contribution in [1.82, 2.24) is 4.90 Å². The average molecular weight is 276 g/mol. The lowest BCUT2D eigenvalue weighted by atomic mass is 10.0. The van der Waals surface area contributed by atoms with Crippen molar-refractivity contribution in [2.24, 2.45) is 0 Å². The Morgan fingerprint density at radius 1 is 1.59 bits per heavy atom. The highest BCUT2D eigenvalue weighted by molar-refractivity contribution is 6.53. The molecular formula is C12H15Cl2NO2. The number of amides is 1. The van der Waals surface area contributed by atoms with Crippen LogP contribution in [-0.2, 0) is 9.59 Å². The van der Waals surface area contributed by atoms with Crippen molar-refractivity contribution >= 4 is 34.9 Å². The van der Waals surface area contributed by atoms with Gasteiger partial charge in [-0.15, -0.1) is 6.58 Å². The van der Waals surface area contributed by atoms with Gasteiger partial charge in [-0.3, -0.25) is 9.59 Å². The molecule has 0 N–H and O–H groups in total. The number of alkyl halides is 2. The monoisotopic (exact) mass is 275 g/mol. The second kappa shape index (κ2) is 6.82. The van der Waals surface area contributed by atoms with Gasteiger partial charge >= 0.3 is 0 Å². The highest BCUT2D eigenvalue weighted by Gasteiger charge is 2.27. The van der Waals surface area contributed by atoms with Crippen LogP contribution in [0.25, 0.3) is 0 Å². The molecule has 0 aromatic rings. The van der Waals surface area contributed by atoms with Gasteiger partial charge in [0.1, 0.15) is 0 Å². The zero-order chi connectivity index (χ0) is 12.8. The number of hydrogen-bond donors (Lipinski definition) is 0. The van der Waals surface area contributed by atoms with E-state index in [4.69, 9.17) is 23.2 Å². The van der Waals surface area contributed by atoms with Crippen molar-refractivity contribution < 1.29 is 9.59 Å². The van der Waals surface area contributed by atoms with Crippen molar-refractivity contribution in [3.63, 3.8) is 0 Å². The Morgan fingerprint density at radius 3 is 2.82 bits per heavy atom. The number of carbonyl (C=O) groups excluding carboxylic acids is 2. The van der Waals surface area contributed by atoms with E-state index in [0.717, 1.165) is 12.8 Å². The van der Waals surface area contributed by atoms with Crippen LogP contribution >= 0.6 is 23.2 Å². The lowest BCUT2D eigenvalue weighted by Gasteiger charge is -2.26. The maximum absolute atomic E-state index is 11.8. The second-order valence-corrected chi connectivity index (χ2v) is 4.87. The molecule has 0 aromatic heterocycles. The summed E-state index contributed by atoms with van der Waals surface area (Å²) in [4.78, 5) is 23.8. The van der Waals surface area contributed by atoms with Gasteiger partial charge in [0.15, 0.2) is 10.6 Å². The summed E-state index contributed by atoms with van der Waals surface area (Å²) in [6.45, 7) is 3.98. The van der Waals surface area contributed by atoms with Crippen molar-refractivity contribution in [2.75, 3.05) is 6.54 Å². The maximum Gasteiger partial charge on any atom is 0.260 e. The molecule has 0 saturated carbocycles. The van der Waals surface area contributed by atoms with Gasteiger partial charge in [0.25, 0.3) is 5.91 Å². The van der Waals surface area contributed by atoms with E-state index in [2.05, 4.69) is 6.58 Å². The number of allylic oxidation sites excluding steroid dienone is 2. The first kappa shape index (κ1) is 14.3. The van der Waals surface area contributed by atoms with Crippen molar-refractivity contribution in [3.8, 4) is 0 Å². The Labute approximate surface area is 111 Å². The maximum atomic E-state index is 11.8. The van der Waals surface area contributed by atoms with E-state index in [-0.39, 0.29) is 5.78 Å². The summed E-state index contributed by atoms with van der Waals surface area (Å²) in [5.74, 6) is -0.473. The third-order valence-corrected chi connectivity index (χ3v) is 2.91. The fourth-order valence-electron chi connectivity index (χ4n) is 1.69. The van der Waals surface area contributed by atoms with Gasteiger partial charge in [-0.25, -0.2) is 0 Å². The Balaban J connectivity index is 2.88. The molecule has 1 aliphatic rings. The fraction of sp³-hybridized carbons (Fsp3) is 0.500. The Kier molecular flexibility index (Phi) is 5.72. The molecule has 0 aromatic carbocycles. The summed E-state index contributed by atoms with van der Waals surface area (Å²) >= 11 is 11.2. The van der Waals surface area contributed by atoms with Crippen molar-refractivity contribution in [1.29, 1.82) is 0 Å². The number of Topliss-reactive ketones (excluding diaryl/α,β-unsaturated/α-hetero) is 1. The first-order chi connectivity index (χ1) is 8.07. The molecule has 1 aliphatic carbocycles. The number of ketones is 1. The van der Waals surface area contributed by atoms with Gasteiger partial charge in [0, 0.05) is 13.0 Å². The number of hydrogen-bond acceptors (Lipinski definition) is 2. The van der Waals surface area contributed by atoms with Crippen LogP contribution in [0.3, 0.4) is 0 Å². The summed E-state index contributed by atoms with van der Waals surface area (Å²) in [5.41, 5.74) is 0.425. The van der Waals surface area contributed by atoms with E-state index in [1.807, 2.05) is 0 Å². The number of rotatable bonds is 5. The molecule has 0 aliphatic heterocycles. The standard InChI is InChI=1S/C12H15Cl2NO2/c1-2-3-8-15(12(17)11(13)14)9-6-4-5-7-10(9)16/h2,6,11H,1,3-5,7-8H2. The molecular weight excluding hydrogens is 261 g/mol. The zero-order valence-electron chi connectivity index (χ0n) is 9.49. The van der Waals surface area contributed by atoms with Crippen LogP contribution in [0.1, 0.15) is 25.7 Å². The van der Waals surface area contributed by atoms with Gasteiger partial charge in [-0.05, 0) is 19.3 Å². The van der Waals surface area contributed by atoms with Gasteiger partial charge < -0.3 is 4.90 Å². The highest BCUT2D eigenvalue weighted by Crippen LogP contribution is 2.21. The molecule has 3 nitrogen and oxygen atoms in total. The van der Waals surface area contributed by atoms with Crippen LogP contribution in [0, 0.1) is 0 Å². The van der Waals surface area contributed by atoms with E-state index < -0.39 is 10.7 Å². The number of halogens is 2. The highest BCUT2D eigenvalue weighted by atomic mass is 35.5. The Bertz CT molecular complexity index is 350. The number of carbonyl (C=O) groups is 2. The predicted octanol–water partition coefficient (Wildman–Crippen LogP) is 2.83. The van der Waals surface area contributed by atoms with Crippen LogP contribution in [0.4, 0.5) is 0 Å². The molecule has 0 saturated heterocycles. The Morgan fingerprint density at radius 2 is 2.29 bits per heavy atom. The summed E-state index contributed by atoms with van der Waals surface area (Å²) < 4.78 is 0. The van der Waals surface area contributed by atoms with Crippen LogP contribution in [0.5, 0.6) is 0 Å². The van der Waals surface area contributed by atoms with E-state index >= 15 is 0 Å². The zero-order valence-corrected chi connectivity index (χ0v) is 11.0. The van der Waals surface area contributed by atoms with E-state index in [9.17, 15) is 9.59 Å². The van der Waals surface area contributed by atoms with Crippen molar-refractivity contribution in [3.05, 3.63) is 24.4 Å². The minimum Gasteiger partial charge on any atom is -0.307 e. The molecule has 94 valence electrons. The van der Waals surface area contributed by atoms with Gasteiger partial charge in [0.05, 0.1) is 5.70 Å². The molecule has 1 amide bonds. The van der Waals surface area contributed by atoms with Gasteiger partial charge in [-0.2, -0.15) is 0 Å². The SMILES string of the molecule is C=CCCN(C(=O)C(Cl)Cl)C1=CCCCC1=O. The average Bonchev–Trinajstić information content (AvgIpc) is 2.31. The predicted molar refractivity (Wildman–Crippen MR) is 69.0 cm³/mol. The third-order valence-electron chi connectivity index (χ3n) is 2.53. The molecule has 0 spiro atoms. The largest absolute Gasteiger partial charge is 0.307 e. The molecule has 0 bridgehead atoms. The molecule has 0 fully saturated rings. The van der Waals surface area contributed by atoms with Crippen molar-refractivity contribution in [2.45, 2.75) is 30.5 Å². The first-order valence-electron chi connectivity index (χ1n) is 5.51. The van der Waals surface area contributed by atoms with E-state index in [1.54, 1.807) is 12.2 Å². The Hall–Kier alpha value is -0.800. The lowest BCUT2D eigenvalue weighted by molar-refractivity contribution is -0.130. The van der Waals surface area contributed by atoms with E-state index in [1.165, 1.54) is 4.90 Å². The van der Waals surface area contributed by atoms with Crippen LogP contribution in [-0.4, -0.2) is 28.0 Å². The minimum absolute atomic E-state index is 0.0253. The smallest absolute Gasteiger partial charge is 0.260 e. The van der Waals surface area contributed by atoms with Crippen LogP contribution in [0.2, 0.25) is 0 Å². The molecule has 0 radical (unpaired) electrons. The summed E-state index contributed by atoms with van der Waals surface area (Å²) in [6.07, 6.45) is 6.16. The van der Waals surface area contributed by atoms with E-state index in [0.29, 0.717) is 25.1 Å². The quantitative estimate of drug-likeness (QED) is 0.572. The van der Waals surface area contributed by atoms with Gasteiger partial charge in [0.2, 0.25) is 0 Å². The summed E-state index contributed by atoms with van der Waals surface area (Å²) in [5, 5.41) is 0. The fourth-order valence-corrected chi connectivity index (χ4v) is 1.93. The van der Waals surface area contributed by atoms with Crippen LogP contribution in [0.15, 0.2) is 24.4 Å². The van der Waals surface area contributed by atoms with Crippen LogP contribution < -0.4 is 0 Å². The lowest BCUT2D eigenvalue weighted by Crippen LogP contribution is -2.38. The molecule has 5 heteroatoms. The molecule has 1 rings (SSSR count). The molecule has 0 atom stereocenters. The summed E-state index contributed by atoms with van der Waals surface area (Å²) in [7, 11) is 0. The normalized spacial score (nSPS) is 15.7. The summed E-state index contributed by atoms with van der Waals surface area (Å²) in [6, 6.07) is 0. The molecule has 0 heterocycles.